The zero-order valence-corrected chi connectivity index (χ0v) is 12.6. The van der Waals surface area contributed by atoms with Crippen molar-refractivity contribution in [1.29, 1.82) is 0 Å². The second-order valence-electron chi connectivity index (χ2n) is 6.83. The summed E-state index contributed by atoms with van der Waals surface area (Å²) < 4.78 is 27.9. The lowest BCUT2D eigenvalue weighted by molar-refractivity contribution is -0.0368. The summed E-state index contributed by atoms with van der Waals surface area (Å²) in [4.78, 5) is 0. The van der Waals surface area contributed by atoms with Crippen molar-refractivity contribution in [2.24, 2.45) is 0 Å². The molecule has 0 aromatic heterocycles. The number of ether oxygens (including phenoxy) is 5. The maximum absolute atomic E-state index is 6.44. The van der Waals surface area contributed by atoms with E-state index < -0.39 is 0 Å². The van der Waals surface area contributed by atoms with E-state index in [0.717, 1.165) is 65.0 Å². The van der Waals surface area contributed by atoms with E-state index in [9.17, 15) is 0 Å². The Labute approximate surface area is 126 Å². The summed E-state index contributed by atoms with van der Waals surface area (Å²) in [7, 11) is 0. The number of hydrogen-bond acceptors (Lipinski definition) is 5. The van der Waals surface area contributed by atoms with Gasteiger partial charge in [0, 0.05) is 12.8 Å². The smallest absolute Gasteiger partial charge is 0.0834 e. The Hall–Kier alpha value is -0.200. The van der Waals surface area contributed by atoms with E-state index >= 15 is 0 Å². The zero-order chi connectivity index (χ0) is 14.1. The fraction of sp³-hybridized carbons (Fsp3) is 1.00. The van der Waals surface area contributed by atoms with Crippen molar-refractivity contribution in [1.82, 2.24) is 0 Å². The molecule has 4 fully saturated rings. The summed E-state index contributed by atoms with van der Waals surface area (Å²) in [5.41, 5.74) is 0. The molecule has 4 aliphatic rings. The molecule has 0 aliphatic carbocycles. The number of epoxide rings is 4. The third-order valence-electron chi connectivity index (χ3n) is 4.67. The van der Waals surface area contributed by atoms with Gasteiger partial charge in [-0.05, 0) is 25.7 Å². The molecule has 4 rings (SSSR count). The highest BCUT2D eigenvalue weighted by atomic mass is 16.6. The van der Waals surface area contributed by atoms with Gasteiger partial charge in [0.2, 0.25) is 0 Å². The van der Waals surface area contributed by atoms with E-state index in [1.807, 2.05) is 0 Å². The van der Waals surface area contributed by atoms with Gasteiger partial charge in [-0.15, -0.1) is 0 Å². The van der Waals surface area contributed by atoms with Crippen LogP contribution >= 0.6 is 0 Å². The van der Waals surface area contributed by atoms with Crippen molar-refractivity contribution < 1.29 is 23.7 Å². The summed E-state index contributed by atoms with van der Waals surface area (Å²) >= 11 is 0. The van der Waals surface area contributed by atoms with Gasteiger partial charge in [0.05, 0.1) is 63.1 Å². The topological polar surface area (TPSA) is 59.4 Å². The molecule has 21 heavy (non-hydrogen) atoms. The fourth-order valence-corrected chi connectivity index (χ4v) is 2.96. The van der Waals surface area contributed by atoms with Gasteiger partial charge < -0.3 is 23.7 Å². The van der Waals surface area contributed by atoms with Crippen LogP contribution in [0.25, 0.3) is 0 Å². The standard InChI is InChI=1S/C16H26O5/c1(3-13-7-17-13)11(5-15-9-19-15)21-12(6-16-10-20-16)2-4-14-8-18-14/h11-16H,1-10H2. The van der Waals surface area contributed by atoms with Gasteiger partial charge in [0.1, 0.15) is 0 Å². The van der Waals surface area contributed by atoms with E-state index in [-0.39, 0.29) is 0 Å². The van der Waals surface area contributed by atoms with Crippen LogP contribution in [0.15, 0.2) is 0 Å². The van der Waals surface area contributed by atoms with Crippen molar-refractivity contribution in [3.8, 4) is 0 Å². The average Bonchev–Trinajstić information content (AvgIpc) is 3.35. The molecule has 0 saturated carbocycles. The molecule has 4 aliphatic heterocycles. The van der Waals surface area contributed by atoms with E-state index in [2.05, 4.69) is 0 Å². The minimum atomic E-state index is 0.311. The molecule has 0 radical (unpaired) electrons. The SMILES string of the molecule is C(CC(CC1CO1)OC(CCC1CO1)CC1CO1)C1CO1. The maximum Gasteiger partial charge on any atom is 0.0834 e. The molecule has 0 bridgehead atoms. The Morgan fingerprint density at radius 2 is 1.05 bits per heavy atom. The average molecular weight is 298 g/mol. The van der Waals surface area contributed by atoms with Crippen LogP contribution in [0.2, 0.25) is 0 Å². The second-order valence-corrected chi connectivity index (χ2v) is 6.83. The monoisotopic (exact) mass is 298 g/mol. The van der Waals surface area contributed by atoms with Crippen LogP contribution in [0.1, 0.15) is 38.5 Å². The van der Waals surface area contributed by atoms with Crippen LogP contribution in [-0.4, -0.2) is 63.1 Å². The highest BCUT2D eigenvalue weighted by Gasteiger charge is 2.34. The summed E-state index contributed by atoms with van der Waals surface area (Å²) in [5.74, 6) is 0. The van der Waals surface area contributed by atoms with Crippen molar-refractivity contribution >= 4 is 0 Å². The molecule has 6 unspecified atom stereocenters. The Morgan fingerprint density at radius 1 is 0.667 bits per heavy atom. The lowest BCUT2D eigenvalue weighted by atomic mass is 10.0. The van der Waals surface area contributed by atoms with Crippen molar-refractivity contribution in [2.45, 2.75) is 75.1 Å². The van der Waals surface area contributed by atoms with Crippen LogP contribution in [0.3, 0.4) is 0 Å². The van der Waals surface area contributed by atoms with E-state index in [4.69, 9.17) is 23.7 Å². The van der Waals surface area contributed by atoms with Crippen LogP contribution < -0.4 is 0 Å². The Morgan fingerprint density at radius 3 is 1.38 bits per heavy atom. The molecule has 4 heterocycles. The molecule has 6 atom stereocenters. The van der Waals surface area contributed by atoms with Crippen LogP contribution in [0, 0.1) is 0 Å². The van der Waals surface area contributed by atoms with Crippen molar-refractivity contribution in [2.75, 3.05) is 26.4 Å². The third kappa shape index (κ3) is 5.49. The van der Waals surface area contributed by atoms with Crippen LogP contribution in [0.5, 0.6) is 0 Å². The molecule has 5 heteroatoms. The summed E-state index contributed by atoms with van der Waals surface area (Å²) in [6.45, 7) is 3.69. The zero-order valence-electron chi connectivity index (χ0n) is 12.6. The van der Waals surface area contributed by atoms with E-state index in [1.165, 1.54) is 0 Å². The molecule has 0 N–H and O–H groups in total. The minimum Gasteiger partial charge on any atom is -0.375 e. The predicted molar refractivity (Wildman–Crippen MR) is 75.3 cm³/mol. The Balaban J connectivity index is 1.25. The van der Waals surface area contributed by atoms with Crippen LogP contribution in [0.4, 0.5) is 0 Å². The summed E-state index contributed by atoms with van der Waals surface area (Å²) in [5, 5.41) is 0. The third-order valence-corrected chi connectivity index (χ3v) is 4.67. The van der Waals surface area contributed by atoms with Crippen LogP contribution in [-0.2, 0) is 23.7 Å². The molecule has 4 saturated heterocycles. The van der Waals surface area contributed by atoms with Gasteiger partial charge in [-0.3, -0.25) is 0 Å². The van der Waals surface area contributed by atoms with Crippen molar-refractivity contribution in [3.05, 3.63) is 0 Å². The first-order valence-corrected chi connectivity index (χ1v) is 8.47. The van der Waals surface area contributed by atoms with Gasteiger partial charge in [-0.2, -0.15) is 0 Å². The maximum atomic E-state index is 6.44. The van der Waals surface area contributed by atoms with Gasteiger partial charge in [0.25, 0.3) is 0 Å². The van der Waals surface area contributed by atoms with E-state index in [1.54, 1.807) is 0 Å². The molecular weight excluding hydrogens is 272 g/mol. The summed E-state index contributed by atoms with van der Waals surface area (Å²) in [6, 6.07) is 0. The van der Waals surface area contributed by atoms with Crippen molar-refractivity contribution in [3.63, 3.8) is 0 Å². The first kappa shape index (κ1) is 14.4. The quantitative estimate of drug-likeness (QED) is 0.513. The molecule has 120 valence electrons. The first-order valence-electron chi connectivity index (χ1n) is 8.47. The molecule has 0 aromatic carbocycles. The van der Waals surface area contributed by atoms with Gasteiger partial charge in [0.15, 0.2) is 0 Å². The molecule has 0 aromatic rings. The normalized spacial score (nSPS) is 38.9. The van der Waals surface area contributed by atoms with Gasteiger partial charge in [-0.25, -0.2) is 0 Å². The number of rotatable bonds is 12. The Bertz CT molecular complexity index is 302. The molecular formula is C16H26O5. The predicted octanol–water partition coefficient (Wildman–Crippen LogP) is 1.68. The lowest BCUT2D eigenvalue weighted by Crippen LogP contribution is -2.26. The second kappa shape index (κ2) is 6.50. The molecule has 0 spiro atoms. The minimum absolute atomic E-state index is 0.311. The molecule has 5 nitrogen and oxygen atoms in total. The fourth-order valence-electron chi connectivity index (χ4n) is 2.96. The Kier molecular flexibility index (Phi) is 4.46. The highest BCUT2D eigenvalue weighted by molar-refractivity contribution is 4.82. The summed E-state index contributed by atoms with van der Waals surface area (Å²) in [6.07, 6.45) is 8.95. The molecule has 0 amide bonds. The number of hydrogen-bond donors (Lipinski definition) is 0. The largest absolute Gasteiger partial charge is 0.375 e. The van der Waals surface area contributed by atoms with Gasteiger partial charge in [-0.1, -0.05) is 0 Å². The lowest BCUT2D eigenvalue weighted by Gasteiger charge is -2.24. The van der Waals surface area contributed by atoms with Gasteiger partial charge >= 0.3 is 0 Å². The first-order chi connectivity index (χ1) is 10.3. The van der Waals surface area contributed by atoms with E-state index in [0.29, 0.717) is 36.6 Å². The highest BCUT2D eigenvalue weighted by Crippen LogP contribution is 2.29.